The minimum Gasteiger partial charge on any atom is -0.318 e. The molecule has 1 aliphatic heterocycles. The van der Waals surface area contributed by atoms with E-state index >= 15 is 0 Å². The Morgan fingerprint density at radius 3 is 2.72 bits per heavy atom. The quantitative estimate of drug-likeness (QED) is 0.859. The Balaban J connectivity index is 2.05. The normalized spacial score (nSPS) is 21.1. The second-order valence-corrected chi connectivity index (χ2v) is 5.30. The van der Waals surface area contributed by atoms with Gasteiger partial charge in [0.1, 0.15) is 0 Å². The van der Waals surface area contributed by atoms with Crippen molar-refractivity contribution in [1.29, 1.82) is 0 Å². The van der Waals surface area contributed by atoms with E-state index in [-0.39, 0.29) is 0 Å². The van der Waals surface area contributed by atoms with Crippen LogP contribution in [0.3, 0.4) is 0 Å². The van der Waals surface area contributed by atoms with E-state index in [1.165, 1.54) is 36.9 Å². The van der Waals surface area contributed by atoms with Crippen molar-refractivity contribution in [2.75, 3.05) is 20.1 Å². The second kappa shape index (κ2) is 6.91. The van der Waals surface area contributed by atoms with Gasteiger partial charge in [0.15, 0.2) is 0 Å². The average molecular weight is 246 g/mol. The SMILES string of the molecule is CCc1ccccc1CN1CCCCC1CNC. The largest absolute Gasteiger partial charge is 0.318 e. The standard InChI is InChI=1S/C16H26N2/c1-3-14-8-4-5-9-15(14)13-18-11-7-6-10-16(18)12-17-2/h4-5,8-9,16-17H,3,6-7,10-13H2,1-2H3. The van der Waals surface area contributed by atoms with E-state index < -0.39 is 0 Å². The number of hydrogen-bond acceptors (Lipinski definition) is 2. The Bertz CT molecular complexity index is 360. The summed E-state index contributed by atoms with van der Waals surface area (Å²) >= 11 is 0. The molecule has 2 nitrogen and oxygen atoms in total. The predicted molar refractivity (Wildman–Crippen MR) is 77.8 cm³/mol. The van der Waals surface area contributed by atoms with Crippen LogP contribution in [-0.4, -0.2) is 31.1 Å². The van der Waals surface area contributed by atoms with Crippen LogP contribution in [0.2, 0.25) is 0 Å². The zero-order chi connectivity index (χ0) is 12.8. The van der Waals surface area contributed by atoms with Gasteiger partial charge in [-0.05, 0) is 44.0 Å². The average Bonchev–Trinajstić information content (AvgIpc) is 2.42. The van der Waals surface area contributed by atoms with Crippen LogP contribution in [0, 0.1) is 0 Å². The molecule has 0 aliphatic carbocycles. The van der Waals surface area contributed by atoms with Gasteiger partial charge in [-0.3, -0.25) is 4.90 Å². The lowest BCUT2D eigenvalue weighted by molar-refractivity contribution is 0.139. The first-order valence-corrected chi connectivity index (χ1v) is 7.30. The van der Waals surface area contributed by atoms with E-state index in [2.05, 4.69) is 48.5 Å². The molecule has 0 saturated carbocycles. The molecule has 0 aromatic heterocycles. The van der Waals surface area contributed by atoms with Crippen LogP contribution in [0.25, 0.3) is 0 Å². The molecule has 1 aromatic carbocycles. The van der Waals surface area contributed by atoms with Gasteiger partial charge in [-0.2, -0.15) is 0 Å². The Morgan fingerprint density at radius 1 is 1.22 bits per heavy atom. The van der Waals surface area contributed by atoms with Crippen LogP contribution in [0.15, 0.2) is 24.3 Å². The van der Waals surface area contributed by atoms with Gasteiger partial charge in [-0.25, -0.2) is 0 Å². The summed E-state index contributed by atoms with van der Waals surface area (Å²) in [6.07, 6.45) is 5.22. The maximum Gasteiger partial charge on any atom is 0.0239 e. The lowest BCUT2D eigenvalue weighted by atomic mass is 9.99. The van der Waals surface area contributed by atoms with Crippen molar-refractivity contribution >= 4 is 0 Å². The Hall–Kier alpha value is -0.860. The number of benzene rings is 1. The van der Waals surface area contributed by atoms with Gasteiger partial charge in [0.05, 0.1) is 0 Å². The molecule has 0 bridgehead atoms. The highest BCUT2D eigenvalue weighted by Gasteiger charge is 2.22. The molecule has 1 saturated heterocycles. The maximum absolute atomic E-state index is 3.34. The molecule has 2 rings (SSSR count). The van der Waals surface area contributed by atoms with Gasteiger partial charge in [-0.1, -0.05) is 37.6 Å². The highest BCUT2D eigenvalue weighted by Crippen LogP contribution is 2.21. The number of piperidine rings is 1. The van der Waals surface area contributed by atoms with Gasteiger partial charge in [-0.15, -0.1) is 0 Å². The van der Waals surface area contributed by atoms with E-state index in [1.807, 2.05) is 0 Å². The summed E-state index contributed by atoms with van der Waals surface area (Å²) in [4.78, 5) is 2.66. The number of likely N-dealkylation sites (tertiary alicyclic amines) is 1. The molecule has 1 aliphatic rings. The minimum absolute atomic E-state index is 0.716. The summed E-state index contributed by atoms with van der Waals surface area (Å²) in [7, 11) is 2.06. The molecule has 1 heterocycles. The zero-order valence-electron chi connectivity index (χ0n) is 11.8. The molecule has 1 fully saturated rings. The molecular formula is C16H26N2. The minimum atomic E-state index is 0.716. The van der Waals surface area contributed by atoms with Gasteiger partial charge in [0.2, 0.25) is 0 Å². The van der Waals surface area contributed by atoms with E-state index in [0.717, 1.165) is 19.5 Å². The van der Waals surface area contributed by atoms with Gasteiger partial charge in [0.25, 0.3) is 0 Å². The molecule has 1 atom stereocenters. The molecule has 0 amide bonds. The van der Waals surface area contributed by atoms with Crippen molar-refractivity contribution < 1.29 is 0 Å². The molecule has 0 radical (unpaired) electrons. The third kappa shape index (κ3) is 3.33. The summed E-state index contributed by atoms with van der Waals surface area (Å²) in [5, 5.41) is 3.34. The first kappa shape index (κ1) is 13.6. The van der Waals surface area contributed by atoms with Crippen molar-refractivity contribution in [2.45, 2.75) is 45.2 Å². The van der Waals surface area contributed by atoms with E-state index in [9.17, 15) is 0 Å². The Morgan fingerprint density at radius 2 is 2.00 bits per heavy atom. The zero-order valence-corrected chi connectivity index (χ0v) is 11.8. The van der Waals surface area contributed by atoms with Gasteiger partial charge in [0, 0.05) is 19.1 Å². The number of hydrogen-bond donors (Lipinski definition) is 1. The maximum atomic E-state index is 3.34. The number of nitrogens with zero attached hydrogens (tertiary/aromatic N) is 1. The van der Waals surface area contributed by atoms with Crippen molar-refractivity contribution in [3.05, 3.63) is 35.4 Å². The predicted octanol–water partition coefficient (Wildman–Crippen LogP) is 2.82. The highest BCUT2D eigenvalue weighted by molar-refractivity contribution is 5.27. The van der Waals surface area contributed by atoms with Gasteiger partial charge < -0.3 is 5.32 Å². The summed E-state index contributed by atoms with van der Waals surface area (Å²) in [6, 6.07) is 9.61. The van der Waals surface area contributed by atoms with E-state index in [4.69, 9.17) is 0 Å². The van der Waals surface area contributed by atoms with Crippen LogP contribution >= 0.6 is 0 Å². The third-order valence-corrected chi connectivity index (χ3v) is 4.06. The number of likely N-dealkylation sites (N-methyl/N-ethyl adjacent to an activating group) is 1. The first-order valence-electron chi connectivity index (χ1n) is 7.30. The van der Waals surface area contributed by atoms with Crippen molar-refractivity contribution in [3.63, 3.8) is 0 Å². The Kier molecular flexibility index (Phi) is 5.21. The molecule has 18 heavy (non-hydrogen) atoms. The fourth-order valence-corrected chi connectivity index (χ4v) is 3.01. The van der Waals surface area contributed by atoms with Gasteiger partial charge >= 0.3 is 0 Å². The molecule has 2 heteroatoms. The molecule has 1 unspecified atom stereocenters. The fraction of sp³-hybridized carbons (Fsp3) is 0.625. The van der Waals surface area contributed by atoms with Crippen LogP contribution in [0.4, 0.5) is 0 Å². The lowest BCUT2D eigenvalue weighted by Gasteiger charge is -2.36. The summed E-state index contributed by atoms with van der Waals surface area (Å²) in [6.45, 7) is 5.75. The molecular weight excluding hydrogens is 220 g/mol. The molecule has 100 valence electrons. The molecule has 1 aromatic rings. The van der Waals surface area contributed by atoms with E-state index in [0.29, 0.717) is 6.04 Å². The van der Waals surface area contributed by atoms with Crippen LogP contribution in [0.1, 0.15) is 37.3 Å². The van der Waals surface area contributed by atoms with Crippen LogP contribution in [-0.2, 0) is 13.0 Å². The smallest absolute Gasteiger partial charge is 0.0239 e. The van der Waals surface area contributed by atoms with E-state index in [1.54, 1.807) is 0 Å². The number of nitrogens with one attached hydrogen (secondary N) is 1. The summed E-state index contributed by atoms with van der Waals surface area (Å²) < 4.78 is 0. The number of rotatable bonds is 5. The molecule has 1 N–H and O–H groups in total. The van der Waals surface area contributed by atoms with Crippen molar-refractivity contribution in [1.82, 2.24) is 10.2 Å². The van der Waals surface area contributed by atoms with Crippen molar-refractivity contribution in [3.8, 4) is 0 Å². The third-order valence-electron chi connectivity index (χ3n) is 4.06. The summed E-state index contributed by atoms with van der Waals surface area (Å²) in [5.41, 5.74) is 3.02. The summed E-state index contributed by atoms with van der Waals surface area (Å²) in [5.74, 6) is 0. The number of aryl methyl sites for hydroxylation is 1. The molecule has 0 spiro atoms. The topological polar surface area (TPSA) is 15.3 Å². The Labute approximate surface area is 111 Å². The second-order valence-electron chi connectivity index (χ2n) is 5.30. The monoisotopic (exact) mass is 246 g/mol. The fourth-order valence-electron chi connectivity index (χ4n) is 3.01. The highest BCUT2D eigenvalue weighted by atomic mass is 15.2. The van der Waals surface area contributed by atoms with Crippen LogP contribution in [0.5, 0.6) is 0 Å². The van der Waals surface area contributed by atoms with Crippen molar-refractivity contribution in [2.24, 2.45) is 0 Å². The first-order chi connectivity index (χ1) is 8.85. The lowest BCUT2D eigenvalue weighted by Crippen LogP contribution is -2.44. The van der Waals surface area contributed by atoms with Crippen LogP contribution < -0.4 is 5.32 Å².